The van der Waals surface area contributed by atoms with Crippen molar-refractivity contribution in [2.45, 2.75) is 12.2 Å². The molecule has 1 aliphatic heterocycles. The van der Waals surface area contributed by atoms with Crippen molar-refractivity contribution < 1.29 is 32.2 Å². The van der Waals surface area contributed by atoms with Crippen LogP contribution < -0.4 is 20.7 Å². The average molecular weight is 447 g/mol. The van der Waals surface area contributed by atoms with Crippen LogP contribution in [0.5, 0.6) is 5.75 Å². The van der Waals surface area contributed by atoms with Crippen LogP contribution in [0, 0.1) is 0 Å². The highest BCUT2D eigenvalue weighted by Gasteiger charge is 2.40. The Morgan fingerprint density at radius 1 is 1.28 bits per heavy atom. The highest BCUT2D eigenvalue weighted by molar-refractivity contribution is 6.04. The first-order chi connectivity index (χ1) is 15.2. The summed E-state index contributed by atoms with van der Waals surface area (Å²) in [6.07, 6.45) is -4.07. The molecule has 1 atom stereocenters. The van der Waals surface area contributed by atoms with Gasteiger partial charge in [0.1, 0.15) is 24.5 Å². The maximum atomic E-state index is 13.1. The molecule has 0 radical (unpaired) electrons. The van der Waals surface area contributed by atoms with Gasteiger partial charge in [-0.05, 0) is 24.3 Å². The average Bonchev–Trinajstić information content (AvgIpc) is 3.14. The van der Waals surface area contributed by atoms with Gasteiger partial charge in [-0.2, -0.15) is 13.2 Å². The highest BCUT2D eigenvalue weighted by Crippen LogP contribution is 2.38. The molecule has 0 unspecified atom stereocenters. The molecule has 0 saturated carbocycles. The Morgan fingerprint density at radius 3 is 2.75 bits per heavy atom. The number of hydrogen-bond acceptors (Lipinski definition) is 7. The summed E-state index contributed by atoms with van der Waals surface area (Å²) < 4.78 is 49.5. The summed E-state index contributed by atoms with van der Waals surface area (Å²) in [6.45, 7) is -0.226. The summed E-state index contributed by atoms with van der Waals surface area (Å²) in [4.78, 5) is 33.4. The van der Waals surface area contributed by atoms with Gasteiger partial charge in [-0.25, -0.2) is 14.8 Å². The number of nitrogens with two attached hydrogens (primary N) is 1. The van der Waals surface area contributed by atoms with E-state index < -0.39 is 29.8 Å². The van der Waals surface area contributed by atoms with Crippen LogP contribution in [0.25, 0.3) is 10.9 Å². The van der Waals surface area contributed by atoms with Crippen LogP contribution in [0.15, 0.2) is 42.7 Å². The van der Waals surface area contributed by atoms with Gasteiger partial charge in [0.15, 0.2) is 6.04 Å². The fraction of sp³-hybridized carbons (Fsp3) is 0.200. The Kier molecular flexibility index (Phi) is 5.20. The second kappa shape index (κ2) is 7.87. The molecule has 32 heavy (non-hydrogen) atoms. The zero-order valence-electron chi connectivity index (χ0n) is 16.5. The SMILES string of the molecule is COc1cc2ncnc(Nc3cccc(C(F)(F)F)c3)c2cc1N1C(=O)OC[C@@H]1C(N)=O. The zero-order valence-corrected chi connectivity index (χ0v) is 16.5. The molecule has 9 nitrogen and oxygen atoms in total. The maximum Gasteiger partial charge on any atom is 0.416 e. The molecule has 3 aromatic rings. The van der Waals surface area contributed by atoms with E-state index in [2.05, 4.69) is 15.3 Å². The second-order valence-electron chi connectivity index (χ2n) is 6.83. The number of aromatic nitrogens is 2. The smallest absolute Gasteiger partial charge is 0.416 e. The molecule has 1 aromatic heterocycles. The van der Waals surface area contributed by atoms with E-state index >= 15 is 0 Å². The standard InChI is InChI=1S/C20H16F3N5O4/c1-31-16-7-13-12(6-14(16)28-15(17(24)29)8-32-19(28)30)18(26-9-25-13)27-11-4-2-3-10(5-11)20(21,22)23/h2-7,9,15H,8H2,1H3,(H2,24,29)(H,25,26,27)/t15-/m1/s1. The molecule has 0 bridgehead atoms. The van der Waals surface area contributed by atoms with E-state index in [1.165, 1.54) is 37.7 Å². The molecular weight excluding hydrogens is 431 g/mol. The van der Waals surface area contributed by atoms with Crippen molar-refractivity contribution in [2.24, 2.45) is 5.73 Å². The number of methoxy groups -OCH3 is 1. The molecular formula is C20H16F3N5O4. The summed E-state index contributed by atoms with van der Waals surface area (Å²) in [5.41, 5.74) is 5.27. The summed E-state index contributed by atoms with van der Waals surface area (Å²) in [7, 11) is 1.37. The van der Waals surface area contributed by atoms with Gasteiger partial charge in [0, 0.05) is 17.1 Å². The van der Waals surface area contributed by atoms with Crippen LogP contribution in [-0.2, 0) is 15.7 Å². The first-order valence-electron chi connectivity index (χ1n) is 9.21. The molecule has 4 rings (SSSR count). The minimum absolute atomic E-state index is 0.146. The number of rotatable bonds is 5. The van der Waals surface area contributed by atoms with E-state index in [-0.39, 0.29) is 29.5 Å². The summed E-state index contributed by atoms with van der Waals surface area (Å²) in [5, 5.41) is 3.21. The molecule has 1 aliphatic rings. The van der Waals surface area contributed by atoms with Gasteiger partial charge in [0.25, 0.3) is 0 Å². The third kappa shape index (κ3) is 3.82. The number of cyclic esters (lactones) is 1. The number of ether oxygens (including phenoxy) is 2. The number of hydrogen-bond donors (Lipinski definition) is 2. The van der Waals surface area contributed by atoms with Crippen molar-refractivity contribution >= 4 is 40.1 Å². The quantitative estimate of drug-likeness (QED) is 0.616. The fourth-order valence-corrected chi connectivity index (χ4v) is 3.33. The first-order valence-corrected chi connectivity index (χ1v) is 9.21. The number of carbonyl (C=O) groups excluding carboxylic acids is 2. The molecule has 1 saturated heterocycles. The molecule has 0 aliphatic carbocycles. The lowest BCUT2D eigenvalue weighted by molar-refractivity contribution is -0.137. The van der Waals surface area contributed by atoms with Crippen molar-refractivity contribution in [3.63, 3.8) is 0 Å². The van der Waals surface area contributed by atoms with Crippen molar-refractivity contribution in [3.8, 4) is 5.75 Å². The molecule has 2 amide bonds. The molecule has 2 heterocycles. The number of nitrogens with one attached hydrogen (secondary N) is 1. The van der Waals surface area contributed by atoms with Crippen molar-refractivity contribution in [2.75, 3.05) is 23.9 Å². The number of anilines is 3. The zero-order chi connectivity index (χ0) is 23.0. The topological polar surface area (TPSA) is 120 Å². The summed E-state index contributed by atoms with van der Waals surface area (Å²) >= 11 is 0. The number of fused-ring (bicyclic) bond motifs is 1. The Balaban J connectivity index is 1.82. The van der Waals surface area contributed by atoms with Crippen molar-refractivity contribution in [1.29, 1.82) is 0 Å². The second-order valence-corrected chi connectivity index (χ2v) is 6.83. The lowest BCUT2D eigenvalue weighted by atomic mass is 10.1. The van der Waals surface area contributed by atoms with Gasteiger partial charge in [-0.1, -0.05) is 6.07 Å². The van der Waals surface area contributed by atoms with Crippen LogP contribution in [0.1, 0.15) is 5.56 Å². The van der Waals surface area contributed by atoms with E-state index in [1.54, 1.807) is 0 Å². The van der Waals surface area contributed by atoms with Gasteiger partial charge in [0.05, 0.1) is 23.9 Å². The van der Waals surface area contributed by atoms with E-state index in [9.17, 15) is 22.8 Å². The monoisotopic (exact) mass is 447 g/mol. The number of halogens is 3. The molecule has 3 N–H and O–H groups in total. The van der Waals surface area contributed by atoms with E-state index in [0.29, 0.717) is 10.9 Å². The van der Waals surface area contributed by atoms with Gasteiger partial charge in [-0.15, -0.1) is 0 Å². The number of carbonyl (C=O) groups is 2. The predicted octanol–water partition coefficient (Wildman–Crippen LogP) is 3.21. The van der Waals surface area contributed by atoms with Crippen LogP contribution in [-0.4, -0.2) is 41.7 Å². The van der Waals surface area contributed by atoms with Crippen LogP contribution in [0.3, 0.4) is 0 Å². The Morgan fingerprint density at radius 2 is 2.06 bits per heavy atom. The summed E-state index contributed by atoms with van der Waals surface area (Å²) in [6, 6.07) is 6.54. The fourth-order valence-electron chi connectivity index (χ4n) is 3.33. The van der Waals surface area contributed by atoms with Crippen molar-refractivity contribution in [1.82, 2.24) is 9.97 Å². The molecule has 166 valence electrons. The van der Waals surface area contributed by atoms with Crippen LogP contribution in [0.4, 0.5) is 35.2 Å². The van der Waals surface area contributed by atoms with E-state index in [0.717, 1.165) is 17.0 Å². The van der Waals surface area contributed by atoms with Crippen LogP contribution in [0.2, 0.25) is 0 Å². The largest absolute Gasteiger partial charge is 0.494 e. The minimum Gasteiger partial charge on any atom is -0.494 e. The third-order valence-electron chi connectivity index (χ3n) is 4.85. The van der Waals surface area contributed by atoms with Gasteiger partial charge in [-0.3, -0.25) is 9.69 Å². The molecule has 12 heteroatoms. The normalized spacial score (nSPS) is 16.2. The lowest BCUT2D eigenvalue weighted by Gasteiger charge is -2.22. The van der Waals surface area contributed by atoms with E-state index in [1.807, 2.05) is 0 Å². The highest BCUT2D eigenvalue weighted by atomic mass is 19.4. The lowest BCUT2D eigenvalue weighted by Crippen LogP contribution is -2.43. The number of primary amides is 1. The number of benzene rings is 2. The van der Waals surface area contributed by atoms with E-state index in [4.69, 9.17) is 15.2 Å². The molecule has 1 fully saturated rings. The number of alkyl halides is 3. The number of amides is 2. The Hall–Kier alpha value is -4.09. The molecule has 0 spiro atoms. The predicted molar refractivity (Wildman–Crippen MR) is 108 cm³/mol. The van der Waals surface area contributed by atoms with Gasteiger partial charge in [0.2, 0.25) is 5.91 Å². The third-order valence-corrected chi connectivity index (χ3v) is 4.85. The minimum atomic E-state index is -4.51. The first kappa shape index (κ1) is 21.2. The Labute approximate surface area is 178 Å². The molecule has 2 aromatic carbocycles. The Bertz CT molecular complexity index is 1220. The van der Waals surface area contributed by atoms with Gasteiger partial charge >= 0.3 is 12.3 Å². The van der Waals surface area contributed by atoms with Crippen LogP contribution >= 0.6 is 0 Å². The number of nitrogens with zero attached hydrogens (tertiary/aromatic N) is 3. The summed E-state index contributed by atoms with van der Waals surface area (Å²) in [5.74, 6) is -0.377. The maximum absolute atomic E-state index is 13.1. The van der Waals surface area contributed by atoms with Gasteiger partial charge < -0.3 is 20.5 Å². The van der Waals surface area contributed by atoms with Crippen molar-refractivity contribution in [3.05, 3.63) is 48.3 Å².